The van der Waals surface area contributed by atoms with Crippen molar-refractivity contribution >= 4 is 29.2 Å². The number of carbonyl (C=O) groups excluding carboxylic acids is 1. The largest absolute Gasteiger partial charge is 0.421 e. The van der Waals surface area contributed by atoms with E-state index in [4.69, 9.17) is 23.2 Å². The first-order chi connectivity index (χ1) is 4.24. The first-order valence-electron chi connectivity index (χ1n) is 2.14. The molecule has 0 amide bonds. The third-order valence-electron chi connectivity index (χ3n) is 0.790. The molecule has 48 valence electrons. The third kappa shape index (κ3) is 1.26. The zero-order chi connectivity index (χ0) is 6.85. The fourth-order valence-electron chi connectivity index (χ4n) is 0.436. The molecule has 0 fully saturated rings. The van der Waals surface area contributed by atoms with E-state index in [1.807, 2.05) is 0 Å². The van der Waals surface area contributed by atoms with Gasteiger partial charge in [-0.3, -0.25) is 0 Å². The molecule has 1 heterocycles. The smallest absolute Gasteiger partial charge is 0.337 e. The van der Waals surface area contributed by atoms with Crippen LogP contribution in [0.1, 0.15) is 0 Å². The summed E-state index contributed by atoms with van der Waals surface area (Å²) in [6.07, 6.45) is 1.16. The van der Waals surface area contributed by atoms with Crippen LogP contribution in [0.5, 0.6) is 0 Å². The second-order valence-electron chi connectivity index (χ2n) is 1.39. The monoisotopic (exact) mass is 164 g/mol. The lowest BCUT2D eigenvalue weighted by molar-refractivity contribution is -0.132. The second-order valence-corrected chi connectivity index (χ2v) is 2.01. The van der Waals surface area contributed by atoms with Crippen LogP contribution in [0.15, 0.2) is 22.4 Å². The summed E-state index contributed by atoms with van der Waals surface area (Å²) in [5, 5.41) is 0.245. The highest BCUT2D eigenvalue weighted by Gasteiger charge is 2.16. The molecule has 0 unspecified atom stereocenters. The average Bonchev–Trinajstić information content (AvgIpc) is 2.10. The van der Waals surface area contributed by atoms with Crippen LogP contribution in [0.25, 0.3) is 0 Å². The number of carbonyl (C=O) groups is 1. The maximum absolute atomic E-state index is 10.3. The Morgan fingerprint density at radius 1 is 1.67 bits per heavy atom. The van der Waals surface area contributed by atoms with E-state index in [0.29, 0.717) is 0 Å². The van der Waals surface area contributed by atoms with Crippen LogP contribution in [-0.2, 0) is 9.53 Å². The molecule has 0 aromatic heterocycles. The van der Waals surface area contributed by atoms with E-state index in [-0.39, 0.29) is 10.8 Å². The van der Waals surface area contributed by atoms with Crippen molar-refractivity contribution in [1.82, 2.24) is 0 Å². The maximum atomic E-state index is 10.3. The van der Waals surface area contributed by atoms with Gasteiger partial charge in [0.1, 0.15) is 0 Å². The molecule has 0 spiro atoms. The number of hydrogen-bond donors (Lipinski definition) is 0. The van der Waals surface area contributed by atoms with Crippen LogP contribution in [0, 0.1) is 0 Å². The molecule has 0 bridgehead atoms. The first-order valence-corrected chi connectivity index (χ1v) is 2.95. The molecule has 0 saturated heterocycles. The highest BCUT2D eigenvalue weighted by Crippen LogP contribution is 2.22. The van der Waals surface area contributed by atoms with E-state index in [2.05, 4.69) is 4.74 Å². The van der Waals surface area contributed by atoms with Gasteiger partial charge in [-0.25, -0.2) is 4.79 Å². The summed E-state index contributed by atoms with van der Waals surface area (Å²) in [4.78, 5) is 10.3. The zero-order valence-corrected chi connectivity index (χ0v) is 5.74. The minimum Gasteiger partial charge on any atom is -0.421 e. The standard InChI is InChI=1S/C5H2Cl2O2/c6-2-4-3(7)1-5(8)9-4/h1-2H/b4-2+. The average molecular weight is 165 g/mol. The number of ether oxygens (including phenoxy) is 1. The van der Waals surface area contributed by atoms with Crippen molar-refractivity contribution in [2.75, 3.05) is 0 Å². The number of esters is 1. The summed E-state index contributed by atoms with van der Waals surface area (Å²) in [5.41, 5.74) is 1.11. The van der Waals surface area contributed by atoms with E-state index in [1.54, 1.807) is 0 Å². The zero-order valence-electron chi connectivity index (χ0n) is 4.23. The fourth-order valence-corrected chi connectivity index (χ4v) is 0.836. The number of allylic oxidation sites excluding steroid dienone is 1. The first kappa shape index (κ1) is 6.65. The van der Waals surface area contributed by atoms with Gasteiger partial charge in [0.15, 0.2) is 5.76 Å². The lowest BCUT2D eigenvalue weighted by Gasteiger charge is -1.91. The van der Waals surface area contributed by atoms with Gasteiger partial charge < -0.3 is 4.74 Å². The SMILES string of the molecule is O=C1C=C(Cl)/C(=C\Cl)O1. The van der Waals surface area contributed by atoms with Crippen molar-refractivity contribution in [1.29, 1.82) is 0 Å². The van der Waals surface area contributed by atoms with Gasteiger partial charge in [0.2, 0.25) is 0 Å². The Bertz CT molecular complexity index is 205. The Balaban J connectivity index is 2.89. The van der Waals surface area contributed by atoms with Crippen molar-refractivity contribution in [2.45, 2.75) is 0 Å². The van der Waals surface area contributed by atoms with Crippen molar-refractivity contribution in [2.24, 2.45) is 0 Å². The number of cyclic esters (lactones) is 1. The van der Waals surface area contributed by atoms with Crippen molar-refractivity contribution < 1.29 is 9.53 Å². The van der Waals surface area contributed by atoms with Gasteiger partial charge in [0.05, 0.1) is 5.03 Å². The van der Waals surface area contributed by atoms with E-state index in [1.165, 1.54) is 0 Å². The summed E-state index contributed by atoms with van der Waals surface area (Å²) in [7, 11) is 0. The lowest BCUT2D eigenvalue weighted by atomic mass is 10.5. The van der Waals surface area contributed by atoms with Gasteiger partial charge in [0, 0.05) is 11.6 Å². The van der Waals surface area contributed by atoms with Crippen molar-refractivity contribution in [3.63, 3.8) is 0 Å². The molecule has 1 aliphatic heterocycles. The van der Waals surface area contributed by atoms with Gasteiger partial charge in [-0.05, 0) is 0 Å². The predicted molar refractivity (Wildman–Crippen MR) is 34.0 cm³/mol. The summed E-state index contributed by atoms with van der Waals surface area (Å²) < 4.78 is 4.49. The van der Waals surface area contributed by atoms with Crippen molar-refractivity contribution in [3.8, 4) is 0 Å². The predicted octanol–water partition coefficient (Wildman–Crippen LogP) is 1.75. The Morgan fingerprint density at radius 3 is 2.56 bits per heavy atom. The molecule has 0 aromatic carbocycles. The van der Waals surface area contributed by atoms with Gasteiger partial charge >= 0.3 is 5.97 Å². The molecular weight excluding hydrogens is 163 g/mol. The van der Waals surface area contributed by atoms with E-state index in [9.17, 15) is 4.79 Å². The van der Waals surface area contributed by atoms with Crippen LogP contribution in [-0.4, -0.2) is 5.97 Å². The van der Waals surface area contributed by atoms with Crippen LogP contribution < -0.4 is 0 Å². The van der Waals surface area contributed by atoms with Gasteiger partial charge in [-0.15, -0.1) is 0 Å². The fraction of sp³-hybridized carbons (Fsp3) is 0. The summed E-state index contributed by atoms with van der Waals surface area (Å²) in [6.45, 7) is 0. The lowest BCUT2D eigenvalue weighted by Crippen LogP contribution is -1.88. The van der Waals surface area contributed by atoms with E-state index in [0.717, 1.165) is 11.6 Å². The van der Waals surface area contributed by atoms with E-state index >= 15 is 0 Å². The maximum Gasteiger partial charge on any atom is 0.337 e. The molecule has 9 heavy (non-hydrogen) atoms. The molecule has 0 aliphatic carbocycles. The summed E-state index contributed by atoms with van der Waals surface area (Å²) in [5.74, 6) is -0.268. The minimum atomic E-state index is -0.480. The summed E-state index contributed by atoms with van der Waals surface area (Å²) >= 11 is 10.6. The highest BCUT2D eigenvalue weighted by molar-refractivity contribution is 6.35. The molecule has 0 N–H and O–H groups in total. The molecule has 2 nitrogen and oxygen atoms in total. The Morgan fingerprint density at radius 2 is 2.33 bits per heavy atom. The van der Waals surface area contributed by atoms with Crippen LogP contribution >= 0.6 is 23.2 Å². The normalized spacial score (nSPS) is 22.2. The Hall–Kier alpha value is -0.470. The molecule has 0 saturated carbocycles. The van der Waals surface area contributed by atoms with Crippen LogP contribution in [0.3, 0.4) is 0 Å². The molecule has 4 heteroatoms. The van der Waals surface area contributed by atoms with Gasteiger partial charge in [0.25, 0.3) is 0 Å². The van der Waals surface area contributed by atoms with Crippen LogP contribution in [0.4, 0.5) is 0 Å². The van der Waals surface area contributed by atoms with Crippen molar-refractivity contribution in [3.05, 3.63) is 22.4 Å². The summed E-state index contributed by atoms with van der Waals surface area (Å²) in [6, 6.07) is 0. The Labute approximate surface area is 61.7 Å². The highest BCUT2D eigenvalue weighted by atomic mass is 35.5. The minimum absolute atomic E-state index is 0.211. The second kappa shape index (κ2) is 2.42. The Kier molecular flexibility index (Phi) is 1.78. The molecular formula is C5H2Cl2O2. The van der Waals surface area contributed by atoms with Gasteiger partial charge in [-0.1, -0.05) is 23.2 Å². The topological polar surface area (TPSA) is 26.3 Å². The third-order valence-corrected chi connectivity index (χ3v) is 1.28. The number of hydrogen-bond acceptors (Lipinski definition) is 2. The molecule has 1 rings (SSSR count). The molecule has 0 atom stereocenters. The quantitative estimate of drug-likeness (QED) is 0.511. The van der Waals surface area contributed by atoms with Gasteiger partial charge in [-0.2, -0.15) is 0 Å². The molecule has 0 aromatic rings. The number of halogens is 2. The van der Waals surface area contributed by atoms with Crippen LogP contribution in [0.2, 0.25) is 0 Å². The molecule has 0 radical (unpaired) electrons. The number of rotatable bonds is 0. The van der Waals surface area contributed by atoms with E-state index < -0.39 is 5.97 Å². The molecule has 1 aliphatic rings.